The lowest BCUT2D eigenvalue weighted by Gasteiger charge is -2.04. The largest absolute Gasteiger partial charge is 0.470 e. The first-order valence-electron chi connectivity index (χ1n) is 5.78. The average Bonchev–Trinajstić information content (AvgIpc) is 2.74. The fourth-order valence-corrected chi connectivity index (χ4v) is 2.05. The fourth-order valence-electron chi connectivity index (χ4n) is 1.19. The van der Waals surface area contributed by atoms with Gasteiger partial charge >= 0.3 is 12.1 Å². The maximum Gasteiger partial charge on any atom is 0.435 e. The van der Waals surface area contributed by atoms with Crippen molar-refractivity contribution in [2.75, 3.05) is 13.2 Å². The summed E-state index contributed by atoms with van der Waals surface area (Å²) in [4.78, 5) is 14.2. The fraction of sp³-hybridized carbons (Fsp3) is 0.636. The zero-order valence-corrected chi connectivity index (χ0v) is 11.4. The van der Waals surface area contributed by atoms with E-state index >= 15 is 0 Å². The van der Waals surface area contributed by atoms with Gasteiger partial charge in [-0.1, -0.05) is 24.7 Å². The number of nitrogens with zero attached hydrogens (tertiary/aromatic N) is 1. The molecular weight excluding hydrogens is 283 g/mol. The molecule has 4 nitrogen and oxygen atoms in total. The smallest absolute Gasteiger partial charge is 0.435 e. The Hall–Kier alpha value is -1.31. The summed E-state index contributed by atoms with van der Waals surface area (Å²) in [5.74, 6) is -1.03. The van der Waals surface area contributed by atoms with Gasteiger partial charge in [0.2, 0.25) is 0 Å². The van der Waals surface area contributed by atoms with Gasteiger partial charge in [-0.2, -0.15) is 18.2 Å². The second-order valence-corrected chi connectivity index (χ2v) is 4.54. The van der Waals surface area contributed by atoms with E-state index in [-0.39, 0.29) is 18.4 Å². The zero-order chi connectivity index (χ0) is 14.5. The first-order valence-corrected chi connectivity index (χ1v) is 6.59. The Kier molecular flexibility index (Phi) is 5.59. The molecule has 1 aromatic rings. The molecule has 0 unspecified atom stereocenters. The molecule has 1 aromatic heterocycles. The summed E-state index contributed by atoms with van der Waals surface area (Å²) in [5.41, 5.74) is -1.25. The van der Waals surface area contributed by atoms with Crippen LogP contribution >= 0.6 is 11.3 Å². The third kappa shape index (κ3) is 4.38. The zero-order valence-electron chi connectivity index (χ0n) is 10.5. The number of halogens is 3. The lowest BCUT2D eigenvalue weighted by molar-refractivity contribution is -0.141. The number of hydrogen-bond acceptors (Lipinski definition) is 5. The van der Waals surface area contributed by atoms with E-state index in [1.165, 1.54) is 6.92 Å². The van der Waals surface area contributed by atoms with E-state index in [9.17, 15) is 18.0 Å². The van der Waals surface area contributed by atoms with Crippen molar-refractivity contribution < 1.29 is 27.4 Å². The molecule has 0 N–H and O–H groups in total. The summed E-state index contributed by atoms with van der Waals surface area (Å²) >= 11 is 0.557. The molecule has 0 atom stereocenters. The predicted molar refractivity (Wildman–Crippen MR) is 63.5 cm³/mol. The lowest BCUT2D eigenvalue weighted by Crippen LogP contribution is -2.13. The van der Waals surface area contributed by atoms with Gasteiger partial charge in [-0.15, -0.1) is 0 Å². The van der Waals surface area contributed by atoms with E-state index in [1.54, 1.807) is 0 Å². The quantitative estimate of drug-likeness (QED) is 0.595. The van der Waals surface area contributed by atoms with E-state index in [4.69, 9.17) is 4.74 Å². The molecule has 0 aromatic carbocycles. The van der Waals surface area contributed by atoms with Crippen molar-refractivity contribution in [1.29, 1.82) is 0 Å². The number of alkyl halides is 3. The van der Waals surface area contributed by atoms with Crippen molar-refractivity contribution in [3.8, 4) is 5.19 Å². The van der Waals surface area contributed by atoms with Crippen molar-refractivity contribution >= 4 is 17.3 Å². The minimum Gasteiger partial charge on any atom is -0.470 e. The molecule has 0 saturated heterocycles. The minimum atomic E-state index is -4.70. The third-order valence-electron chi connectivity index (χ3n) is 2.06. The Morgan fingerprint density at radius 1 is 1.37 bits per heavy atom. The molecule has 0 spiro atoms. The summed E-state index contributed by atoms with van der Waals surface area (Å²) in [7, 11) is 0. The van der Waals surface area contributed by atoms with E-state index in [2.05, 4.69) is 9.72 Å². The molecule has 108 valence electrons. The van der Waals surface area contributed by atoms with Gasteiger partial charge in [-0.05, 0) is 13.3 Å². The van der Waals surface area contributed by atoms with Crippen LogP contribution in [0.3, 0.4) is 0 Å². The SMILES string of the molecule is CCCCOc1nc(C(F)(F)F)c(C(=O)OCC)s1. The highest BCUT2D eigenvalue weighted by Crippen LogP contribution is 2.37. The first kappa shape index (κ1) is 15.7. The molecule has 0 saturated carbocycles. The number of unbranched alkanes of at least 4 members (excludes halogenated alkanes) is 1. The average molecular weight is 297 g/mol. The van der Waals surface area contributed by atoms with Crippen LogP contribution in [0.5, 0.6) is 5.19 Å². The molecule has 0 radical (unpaired) electrons. The maximum atomic E-state index is 12.7. The van der Waals surface area contributed by atoms with E-state index in [0.29, 0.717) is 17.8 Å². The number of ether oxygens (including phenoxy) is 2. The van der Waals surface area contributed by atoms with Gasteiger partial charge in [0.05, 0.1) is 13.2 Å². The molecule has 1 rings (SSSR count). The molecular formula is C11H14F3NO3S. The number of aromatic nitrogens is 1. The molecule has 0 amide bonds. The Balaban J connectivity index is 2.96. The van der Waals surface area contributed by atoms with Crippen LogP contribution in [0.25, 0.3) is 0 Å². The van der Waals surface area contributed by atoms with Crippen LogP contribution in [-0.4, -0.2) is 24.2 Å². The molecule has 19 heavy (non-hydrogen) atoms. The van der Waals surface area contributed by atoms with Crippen LogP contribution in [0.4, 0.5) is 13.2 Å². The summed E-state index contributed by atoms with van der Waals surface area (Å²) in [5, 5.41) is -0.163. The highest BCUT2D eigenvalue weighted by atomic mass is 32.1. The van der Waals surface area contributed by atoms with Crippen molar-refractivity contribution in [2.24, 2.45) is 0 Å². The second kappa shape index (κ2) is 6.74. The Morgan fingerprint density at radius 3 is 2.58 bits per heavy atom. The number of rotatable bonds is 6. The number of esters is 1. The van der Waals surface area contributed by atoms with Gasteiger partial charge < -0.3 is 9.47 Å². The summed E-state index contributed by atoms with van der Waals surface area (Å²) < 4.78 is 47.9. The summed E-state index contributed by atoms with van der Waals surface area (Å²) in [6.07, 6.45) is -3.15. The van der Waals surface area contributed by atoms with Crippen LogP contribution < -0.4 is 4.74 Å². The maximum absolute atomic E-state index is 12.7. The molecule has 8 heteroatoms. The molecule has 1 heterocycles. The molecule has 0 bridgehead atoms. The number of carbonyl (C=O) groups excluding carboxylic acids is 1. The Bertz CT molecular complexity index is 431. The van der Waals surface area contributed by atoms with Crippen LogP contribution in [0, 0.1) is 0 Å². The van der Waals surface area contributed by atoms with Crippen LogP contribution in [0.15, 0.2) is 0 Å². The van der Waals surface area contributed by atoms with Crippen LogP contribution in [0.2, 0.25) is 0 Å². The summed E-state index contributed by atoms with van der Waals surface area (Å²) in [6, 6.07) is 0. The van der Waals surface area contributed by atoms with Gasteiger partial charge in [0.25, 0.3) is 5.19 Å². The van der Waals surface area contributed by atoms with E-state index < -0.39 is 22.7 Å². The van der Waals surface area contributed by atoms with Crippen molar-refractivity contribution in [3.63, 3.8) is 0 Å². The lowest BCUT2D eigenvalue weighted by atomic mass is 10.3. The van der Waals surface area contributed by atoms with Gasteiger partial charge in [0.15, 0.2) is 5.69 Å². The second-order valence-electron chi connectivity index (χ2n) is 3.58. The normalized spacial score (nSPS) is 11.4. The van der Waals surface area contributed by atoms with Crippen molar-refractivity contribution in [1.82, 2.24) is 4.98 Å². The highest BCUT2D eigenvalue weighted by molar-refractivity contribution is 7.15. The highest BCUT2D eigenvalue weighted by Gasteiger charge is 2.40. The van der Waals surface area contributed by atoms with Gasteiger partial charge in [0, 0.05) is 0 Å². The van der Waals surface area contributed by atoms with E-state index in [0.717, 1.165) is 6.42 Å². The molecule has 0 fully saturated rings. The van der Waals surface area contributed by atoms with Crippen molar-refractivity contribution in [3.05, 3.63) is 10.6 Å². The first-order chi connectivity index (χ1) is 8.90. The Labute approximate surface area is 112 Å². The predicted octanol–water partition coefficient (Wildman–Crippen LogP) is 3.52. The third-order valence-corrected chi connectivity index (χ3v) is 3.01. The van der Waals surface area contributed by atoms with Gasteiger partial charge in [0.1, 0.15) is 4.88 Å². The van der Waals surface area contributed by atoms with Crippen LogP contribution in [0.1, 0.15) is 42.1 Å². The standard InChI is InChI=1S/C11H14F3NO3S/c1-3-5-6-18-10-15-8(11(12,13)14)7(19-10)9(16)17-4-2/h3-6H2,1-2H3. The number of hydrogen-bond donors (Lipinski definition) is 0. The topological polar surface area (TPSA) is 48.4 Å². The van der Waals surface area contributed by atoms with E-state index in [1.807, 2.05) is 6.92 Å². The van der Waals surface area contributed by atoms with Crippen LogP contribution in [-0.2, 0) is 10.9 Å². The number of thiazole rings is 1. The Morgan fingerprint density at radius 2 is 2.05 bits per heavy atom. The van der Waals surface area contributed by atoms with Gasteiger partial charge in [-0.3, -0.25) is 0 Å². The molecule has 0 aliphatic rings. The van der Waals surface area contributed by atoms with Gasteiger partial charge in [-0.25, -0.2) is 4.79 Å². The monoisotopic (exact) mass is 297 g/mol. The summed E-state index contributed by atoms with van der Waals surface area (Å²) in [6.45, 7) is 3.71. The minimum absolute atomic E-state index is 0.0000552. The van der Waals surface area contributed by atoms with Crippen molar-refractivity contribution in [2.45, 2.75) is 32.9 Å². The number of carbonyl (C=O) groups is 1. The molecule has 0 aliphatic heterocycles. The molecule has 0 aliphatic carbocycles.